The first-order valence-corrected chi connectivity index (χ1v) is 6.49. The number of hydrogen-bond acceptors (Lipinski definition) is 6. The molecule has 0 bridgehead atoms. The molecule has 1 atom stereocenters. The van der Waals surface area contributed by atoms with E-state index in [0.29, 0.717) is 24.0 Å². The van der Waals surface area contributed by atoms with Gasteiger partial charge in [0.25, 0.3) is 0 Å². The molecular formula is C13H19N3O3. The molecule has 1 aromatic heterocycles. The Kier molecular flexibility index (Phi) is 4.31. The number of carbonyl (C=O) groups excluding carboxylic acids is 1. The van der Waals surface area contributed by atoms with Crippen LogP contribution in [0.5, 0.6) is 0 Å². The molecule has 0 aromatic carbocycles. The van der Waals surface area contributed by atoms with E-state index < -0.39 is 5.97 Å². The number of esters is 1. The van der Waals surface area contributed by atoms with E-state index in [-0.39, 0.29) is 11.4 Å². The van der Waals surface area contributed by atoms with E-state index >= 15 is 0 Å². The van der Waals surface area contributed by atoms with Gasteiger partial charge in [0.15, 0.2) is 0 Å². The highest BCUT2D eigenvalue weighted by Gasteiger charge is 2.21. The van der Waals surface area contributed by atoms with Crippen LogP contribution in [0.2, 0.25) is 0 Å². The second-order valence-corrected chi connectivity index (χ2v) is 4.64. The van der Waals surface area contributed by atoms with E-state index in [1.807, 2.05) is 0 Å². The molecule has 2 heterocycles. The summed E-state index contributed by atoms with van der Waals surface area (Å²) in [6.07, 6.45) is 1.75. The lowest BCUT2D eigenvalue weighted by Gasteiger charge is -2.11. The number of hydrogen-bond donors (Lipinski definition) is 1. The molecule has 6 nitrogen and oxygen atoms in total. The van der Waals surface area contributed by atoms with E-state index in [9.17, 15) is 4.79 Å². The van der Waals surface area contributed by atoms with Gasteiger partial charge in [-0.05, 0) is 26.2 Å². The Morgan fingerprint density at radius 3 is 2.89 bits per heavy atom. The van der Waals surface area contributed by atoms with Gasteiger partial charge in [-0.2, -0.15) is 0 Å². The van der Waals surface area contributed by atoms with Crippen molar-refractivity contribution >= 4 is 11.8 Å². The zero-order valence-electron chi connectivity index (χ0n) is 11.3. The number of aryl methyl sites for hydroxylation is 1. The van der Waals surface area contributed by atoms with Crippen molar-refractivity contribution in [2.24, 2.45) is 5.92 Å². The van der Waals surface area contributed by atoms with Crippen molar-refractivity contribution in [2.75, 3.05) is 25.6 Å². The van der Waals surface area contributed by atoms with Crippen LogP contribution in [0.25, 0.3) is 0 Å². The molecule has 1 saturated heterocycles. The lowest BCUT2D eigenvalue weighted by molar-refractivity contribution is 0.0525. The third kappa shape index (κ3) is 3.20. The molecule has 0 amide bonds. The van der Waals surface area contributed by atoms with Crippen LogP contribution in [0.15, 0.2) is 0 Å². The topological polar surface area (TPSA) is 87.3 Å². The Morgan fingerprint density at radius 1 is 1.53 bits per heavy atom. The monoisotopic (exact) mass is 265 g/mol. The van der Waals surface area contributed by atoms with Crippen LogP contribution in [0.1, 0.15) is 35.2 Å². The van der Waals surface area contributed by atoms with Crippen molar-refractivity contribution in [1.29, 1.82) is 0 Å². The molecule has 1 aromatic rings. The summed E-state index contributed by atoms with van der Waals surface area (Å²) >= 11 is 0. The van der Waals surface area contributed by atoms with Gasteiger partial charge in [-0.1, -0.05) is 0 Å². The van der Waals surface area contributed by atoms with Gasteiger partial charge in [0.05, 0.1) is 12.3 Å². The van der Waals surface area contributed by atoms with Crippen LogP contribution in [0.3, 0.4) is 0 Å². The van der Waals surface area contributed by atoms with Crippen molar-refractivity contribution in [1.82, 2.24) is 9.97 Å². The molecule has 104 valence electrons. The van der Waals surface area contributed by atoms with E-state index in [4.69, 9.17) is 15.2 Å². The lowest BCUT2D eigenvalue weighted by Crippen LogP contribution is -2.16. The fourth-order valence-corrected chi connectivity index (χ4v) is 2.20. The van der Waals surface area contributed by atoms with Crippen molar-refractivity contribution in [2.45, 2.75) is 26.7 Å². The average Bonchev–Trinajstić information content (AvgIpc) is 2.81. The second-order valence-electron chi connectivity index (χ2n) is 4.64. The first-order valence-electron chi connectivity index (χ1n) is 6.49. The Balaban J connectivity index is 2.18. The van der Waals surface area contributed by atoms with Gasteiger partial charge in [0.2, 0.25) is 0 Å². The summed E-state index contributed by atoms with van der Waals surface area (Å²) in [5.41, 5.74) is 6.69. The Labute approximate surface area is 112 Å². The molecule has 0 radical (unpaired) electrons. The van der Waals surface area contributed by atoms with Crippen LogP contribution in [-0.4, -0.2) is 35.8 Å². The number of rotatable bonds is 4. The van der Waals surface area contributed by atoms with Crippen molar-refractivity contribution in [3.63, 3.8) is 0 Å². The maximum absolute atomic E-state index is 11.7. The summed E-state index contributed by atoms with van der Waals surface area (Å²) in [6, 6.07) is 0. The molecule has 1 unspecified atom stereocenters. The highest BCUT2D eigenvalue weighted by Crippen LogP contribution is 2.19. The Hall–Kier alpha value is -1.69. The van der Waals surface area contributed by atoms with Gasteiger partial charge < -0.3 is 15.2 Å². The molecule has 2 N–H and O–H groups in total. The summed E-state index contributed by atoms with van der Waals surface area (Å²) < 4.78 is 10.3. The molecular weight excluding hydrogens is 246 g/mol. The summed E-state index contributed by atoms with van der Waals surface area (Å²) in [4.78, 5) is 20.3. The molecule has 1 aliphatic rings. The molecule has 1 aliphatic heterocycles. The predicted molar refractivity (Wildman–Crippen MR) is 69.8 cm³/mol. The second kappa shape index (κ2) is 5.97. The Bertz CT molecular complexity index is 447. The largest absolute Gasteiger partial charge is 0.462 e. The quantitative estimate of drug-likeness (QED) is 0.821. The summed E-state index contributed by atoms with van der Waals surface area (Å²) in [6.45, 7) is 5.33. The number of carbonyl (C=O) groups is 1. The number of ether oxygens (including phenoxy) is 2. The molecule has 1 fully saturated rings. The number of nitrogens with zero attached hydrogens (tertiary/aromatic N) is 2. The number of anilines is 1. The third-order valence-electron chi connectivity index (χ3n) is 3.14. The van der Waals surface area contributed by atoms with Crippen molar-refractivity contribution in [3.8, 4) is 0 Å². The minimum Gasteiger partial charge on any atom is -0.462 e. The third-order valence-corrected chi connectivity index (χ3v) is 3.14. The van der Waals surface area contributed by atoms with Crippen molar-refractivity contribution in [3.05, 3.63) is 17.1 Å². The first kappa shape index (κ1) is 13.7. The molecule has 0 spiro atoms. The van der Waals surface area contributed by atoms with E-state index in [2.05, 4.69) is 9.97 Å². The molecule has 0 saturated carbocycles. The van der Waals surface area contributed by atoms with Gasteiger partial charge in [-0.3, -0.25) is 0 Å². The number of nitrogens with two attached hydrogens (primary N) is 1. The standard InChI is InChI=1S/C13H19N3O3/c1-3-19-13(17)11-8(2)15-10(16-12(11)14)6-9-4-5-18-7-9/h9H,3-7H2,1-2H3,(H2,14,15,16). The maximum Gasteiger partial charge on any atom is 0.343 e. The summed E-state index contributed by atoms with van der Waals surface area (Å²) in [5.74, 6) is 0.832. The zero-order valence-corrected chi connectivity index (χ0v) is 11.3. The Morgan fingerprint density at radius 2 is 2.32 bits per heavy atom. The van der Waals surface area contributed by atoms with Crippen LogP contribution in [0, 0.1) is 12.8 Å². The first-order chi connectivity index (χ1) is 9.11. The van der Waals surface area contributed by atoms with Gasteiger partial charge in [-0.15, -0.1) is 0 Å². The minimum absolute atomic E-state index is 0.194. The average molecular weight is 265 g/mol. The molecule has 2 rings (SSSR count). The molecule has 6 heteroatoms. The van der Waals surface area contributed by atoms with Crippen LogP contribution in [0.4, 0.5) is 5.82 Å². The van der Waals surface area contributed by atoms with E-state index in [1.165, 1.54) is 0 Å². The predicted octanol–water partition coefficient (Wildman–Crippen LogP) is 1.12. The van der Waals surface area contributed by atoms with Gasteiger partial charge in [0.1, 0.15) is 17.2 Å². The number of aromatic nitrogens is 2. The smallest absolute Gasteiger partial charge is 0.343 e. The molecule has 0 aliphatic carbocycles. The van der Waals surface area contributed by atoms with Gasteiger partial charge in [0, 0.05) is 19.6 Å². The van der Waals surface area contributed by atoms with Gasteiger partial charge >= 0.3 is 5.97 Å². The van der Waals surface area contributed by atoms with Crippen molar-refractivity contribution < 1.29 is 14.3 Å². The SMILES string of the molecule is CCOC(=O)c1c(C)nc(CC2CCOC2)nc1N. The van der Waals surface area contributed by atoms with Gasteiger partial charge in [-0.25, -0.2) is 14.8 Å². The number of nitrogen functional groups attached to an aromatic ring is 1. The van der Waals surface area contributed by atoms with E-state index in [1.54, 1.807) is 13.8 Å². The highest BCUT2D eigenvalue weighted by molar-refractivity contribution is 5.95. The fraction of sp³-hybridized carbons (Fsp3) is 0.615. The summed E-state index contributed by atoms with van der Waals surface area (Å²) in [7, 11) is 0. The zero-order chi connectivity index (χ0) is 13.8. The lowest BCUT2D eigenvalue weighted by atomic mass is 10.0. The van der Waals surface area contributed by atoms with Crippen LogP contribution in [-0.2, 0) is 15.9 Å². The summed E-state index contributed by atoms with van der Waals surface area (Å²) in [5, 5.41) is 0. The maximum atomic E-state index is 11.7. The van der Waals surface area contributed by atoms with Crippen LogP contribution >= 0.6 is 0 Å². The van der Waals surface area contributed by atoms with E-state index in [0.717, 1.165) is 26.1 Å². The molecule has 19 heavy (non-hydrogen) atoms. The minimum atomic E-state index is -0.465. The fourth-order valence-electron chi connectivity index (χ4n) is 2.20. The normalized spacial score (nSPS) is 18.5. The highest BCUT2D eigenvalue weighted by atomic mass is 16.5. The van der Waals surface area contributed by atoms with Crippen LogP contribution < -0.4 is 5.73 Å².